The standard InChI is InChI=1S/C13H21N3O2/c1-11-2-3-13(18)16(14-11)10-12-4-6-15(7-5-12)8-9-17/h2-3,12,17H,4-10H2,1H3. The second-order valence-corrected chi connectivity index (χ2v) is 5.00. The molecule has 2 heterocycles. The SMILES string of the molecule is Cc1ccc(=O)n(CC2CCN(CCO)CC2)n1. The summed E-state index contributed by atoms with van der Waals surface area (Å²) in [6.45, 7) is 5.61. The number of β-amino-alcohol motifs (C(OH)–C–C–N with tert-alkyl or cyclic N) is 1. The molecule has 5 nitrogen and oxygen atoms in total. The van der Waals surface area contributed by atoms with Gasteiger partial charge < -0.3 is 10.0 Å². The number of aromatic nitrogens is 2. The first-order valence-electron chi connectivity index (χ1n) is 6.57. The molecule has 0 radical (unpaired) electrons. The summed E-state index contributed by atoms with van der Waals surface area (Å²) in [5.41, 5.74) is 0.866. The fraction of sp³-hybridized carbons (Fsp3) is 0.692. The van der Waals surface area contributed by atoms with E-state index < -0.39 is 0 Å². The van der Waals surface area contributed by atoms with Crippen LogP contribution in [0.25, 0.3) is 0 Å². The molecule has 0 spiro atoms. The van der Waals surface area contributed by atoms with Crippen molar-refractivity contribution in [2.24, 2.45) is 5.92 Å². The van der Waals surface area contributed by atoms with Gasteiger partial charge in [0, 0.05) is 19.2 Å². The van der Waals surface area contributed by atoms with E-state index in [0.29, 0.717) is 12.5 Å². The Labute approximate surface area is 107 Å². The summed E-state index contributed by atoms with van der Waals surface area (Å²) in [7, 11) is 0. The van der Waals surface area contributed by atoms with Crippen molar-refractivity contribution in [2.45, 2.75) is 26.3 Å². The Morgan fingerprint density at radius 2 is 2.11 bits per heavy atom. The van der Waals surface area contributed by atoms with Crippen LogP contribution in [0.4, 0.5) is 0 Å². The highest BCUT2D eigenvalue weighted by Crippen LogP contribution is 2.17. The molecule has 2 rings (SSSR count). The van der Waals surface area contributed by atoms with E-state index in [4.69, 9.17) is 5.11 Å². The van der Waals surface area contributed by atoms with Crippen LogP contribution in [0.5, 0.6) is 0 Å². The van der Waals surface area contributed by atoms with Gasteiger partial charge in [-0.15, -0.1) is 0 Å². The van der Waals surface area contributed by atoms with Crippen molar-refractivity contribution in [2.75, 3.05) is 26.2 Å². The Morgan fingerprint density at radius 1 is 1.39 bits per heavy atom. The topological polar surface area (TPSA) is 58.4 Å². The van der Waals surface area contributed by atoms with Crippen LogP contribution in [-0.4, -0.2) is 46.0 Å². The lowest BCUT2D eigenvalue weighted by atomic mass is 9.97. The Morgan fingerprint density at radius 3 is 2.78 bits per heavy atom. The van der Waals surface area contributed by atoms with Crippen LogP contribution in [0.1, 0.15) is 18.5 Å². The van der Waals surface area contributed by atoms with Crippen molar-refractivity contribution in [3.05, 3.63) is 28.2 Å². The minimum Gasteiger partial charge on any atom is -0.395 e. The summed E-state index contributed by atoms with van der Waals surface area (Å²) < 4.78 is 1.59. The van der Waals surface area contributed by atoms with E-state index in [-0.39, 0.29) is 12.2 Å². The van der Waals surface area contributed by atoms with Crippen molar-refractivity contribution in [3.8, 4) is 0 Å². The molecule has 1 aromatic rings. The van der Waals surface area contributed by atoms with Crippen molar-refractivity contribution in [3.63, 3.8) is 0 Å². The molecule has 0 aliphatic carbocycles. The molecule has 1 aromatic heterocycles. The molecule has 100 valence electrons. The highest BCUT2D eigenvalue weighted by molar-refractivity contribution is 4.97. The maximum absolute atomic E-state index is 11.7. The fourth-order valence-corrected chi connectivity index (χ4v) is 2.46. The van der Waals surface area contributed by atoms with Gasteiger partial charge in [0.15, 0.2) is 0 Å². The molecular weight excluding hydrogens is 230 g/mol. The van der Waals surface area contributed by atoms with E-state index >= 15 is 0 Å². The van der Waals surface area contributed by atoms with Gasteiger partial charge >= 0.3 is 0 Å². The van der Waals surface area contributed by atoms with Gasteiger partial charge in [-0.25, -0.2) is 4.68 Å². The van der Waals surface area contributed by atoms with Gasteiger partial charge in [-0.3, -0.25) is 4.79 Å². The first-order chi connectivity index (χ1) is 8.69. The molecule has 18 heavy (non-hydrogen) atoms. The monoisotopic (exact) mass is 251 g/mol. The molecule has 0 amide bonds. The average Bonchev–Trinajstić information content (AvgIpc) is 2.37. The second kappa shape index (κ2) is 6.11. The Kier molecular flexibility index (Phi) is 4.49. The summed E-state index contributed by atoms with van der Waals surface area (Å²) >= 11 is 0. The molecular formula is C13H21N3O2. The van der Waals surface area contributed by atoms with Crippen molar-refractivity contribution in [1.82, 2.24) is 14.7 Å². The van der Waals surface area contributed by atoms with Gasteiger partial charge in [0.2, 0.25) is 0 Å². The predicted octanol–water partition coefficient (Wildman–Crippen LogP) is 0.256. The van der Waals surface area contributed by atoms with Crippen molar-refractivity contribution >= 4 is 0 Å². The summed E-state index contributed by atoms with van der Waals surface area (Å²) in [6.07, 6.45) is 2.14. The summed E-state index contributed by atoms with van der Waals surface area (Å²) in [5, 5.41) is 13.2. The third-order valence-electron chi connectivity index (χ3n) is 3.55. The van der Waals surface area contributed by atoms with E-state index in [2.05, 4.69) is 10.00 Å². The molecule has 0 unspecified atom stereocenters. The molecule has 1 aliphatic heterocycles. The maximum atomic E-state index is 11.7. The number of hydrogen-bond acceptors (Lipinski definition) is 4. The van der Waals surface area contributed by atoms with Gasteiger partial charge in [0.1, 0.15) is 0 Å². The smallest absolute Gasteiger partial charge is 0.266 e. The molecule has 1 saturated heterocycles. The number of nitrogens with zero attached hydrogens (tertiary/aromatic N) is 3. The zero-order valence-electron chi connectivity index (χ0n) is 10.9. The van der Waals surface area contributed by atoms with Crippen LogP contribution < -0.4 is 5.56 Å². The van der Waals surface area contributed by atoms with E-state index in [1.807, 2.05) is 6.92 Å². The maximum Gasteiger partial charge on any atom is 0.266 e. The van der Waals surface area contributed by atoms with Gasteiger partial charge in [-0.2, -0.15) is 5.10 Å². The largest absolute Gasteiger partial charge is 0.395 e. The number of hydrogen-bond donors (Lipinski definition) is 1. The lowest BCUT2D eigenvalue weighted by Crippen LogP contribution is -2.38. The second-order valence-electron chi connectivity index (χ2n) is 5.00. The van der Waals surface area contributed by atoms with Crippen LogP contribution in [-0.2, 0) is 6.54 Å². The molecule has 1 fully saturated rings. The van der Waals surface area contributed by atoms with Crippen LogP contribution >= 0.6 is 0 Å². The molecule has 0 aromatic carbocycles. The highest BCUT2D eigenvalue weighted by atomic mass is 16.3. The van der Waals surface area contributed by atoms with Gasteiger partial charge in [0.25, 0.3) is 5.56 Å². The number of likely N-dealkylation sites (tertiary alicyclic amines) is 1. The van der Waals surface area contributed by atoms with Crippen LogP contribution in [0.3, 0.4) is 0 Å². The number of aliphatic hydroxyl groups excluding tert-OH is 1. The molecule has 1 aliphatic rings. The quantitative estimate of drug-likeness (QED) is 0.833. The van der Waals surface area contributed by atoms with Gasteiger partial charge in [0.05, 0.1) is 12.3 Å². The number of piperidine rings is 1. The predicted molar refractivity (Wildman–Crippen MR) is 69.5 cm³/mol. The zero-order chi connectivity index (χ0) is 13.0. The highest BCUT2D eigenvalue weighted by Gasteiger charge is 2.19. The molecule has 1 N–H and O–H groups in total. The lowest BCUT2D eigenvalue weighted by molar-refractivity contribution is 0.139. The summed E-state index contributed by atoms with van der Waals surface area (Å²) in [4.78, 5) is 13.9. The summed E-state index contributed by atoms with van der Waals surface area (Å²) in [5.74, 6) is 0.520. The lowest BCUT2D eigenvalue weighted by Gasteiger charge is -2.31. The van der Waals surface area contributed by atoms with Crippen LogP contribution in [0.15, 0.2) is 16.9 Å². The first-order valence-corrected chi connectivity index (χ1v) is 6.57. The van der Waals surface area contributed by atoms with E-state index in [0.717, 1.165) is 38.2 Å². The number of rotatable bonds is 4. The van der Waals surface area contributed by atoms with Crippen molar-refractivity contribution < 1.29 is 5.11 Å². The van der Waals surface area contributed by atoms with E-state index in [1.54, 1.807) is 16.8 Å². The molecule has 0 bridgehead atoms. The first kappa shape index (κ1) is 13.2. The minimum atomic E-state index is -0.0154. The third kappa shape index (κ3) is 3.40. The summed E-state index contributed by atoms with van der Waals surface area (Å²) in [6, 6.07) is 3.34. The number of aliphatic hydroxyl groups is 1. The van der Waals surface area contributed by atoms with E-state index in [1.165, 1.54) is 0 Å². The normalized spacial score (nSPS) is 18.1. The minimum absolute atomic E-state index is 0.0154. The van der Waals surface area contributed by atoms with Crippen LogP contribution in [0.2, 0.25) is 0 Å². The van der Waals surface area contributed by atoms with Crippen molar-refractivity contribution in [1.29, 1.82) is 0 Å². The van der Waals surface area contributed by atoms with Gasteiger partial charge in [-0.05, 0) is 44.8 Å². The Bertz CT molecular complexity index is 436. The molecule has 0 saturated carbocycles. The van der Waals surface area contributed by atoms with E-state index in [9.17, 15) is 4.79 Å². The third-order valence-corrected chi connectivity index (χ3v) is 3.55. The zero-order valence-corrected chi connectivity index (χ0v) is 10.9. The Balaban J connectivity index is 1.91. The molecule has 5 heteroatoms. The number of aryl methyl sites for hydroxylation is 1. The molecule has 0 atom stereocenters. The van der Waals surface area contributed by atoms with Crippen LogP contribution in [0, 0.1) is 12.8 Å². The average molecular weight is 251 g/mol. The van der Waals surface area contributed by atoms with Gasteiger partial charge in [-0.1, -0.05) is 0 Å². The fourth-order valence-electron chi connectivity index (χ4n) is 2.46. The Hall–Kier alpha value is -1.20.